The minimum Gasteiger partial charge on any atom is -0.388 e. The molecule has 1 aliphatic heterocycles. The third-order valence-corrected chi connectivity index (χ3v) is 3.15. The van der Waals surface area contributed by atoms with Crippen molar-refractivity contribution in [2.24, 2.45) is 0 Å². The van der Waals surface area contributed by atoms with Crippen LogP contribution in [-0.4, -0.2) is 36.4 Å². The van der Waals surface area contributed by atoms with Gasteiger partial charge in [-0.1, -0.05) is 6.92 Å². The summed E-state index contributed by atoms with van der Waals surface area (Å²) in [5, 5.41) is 9.78. The number of aromatic nitrogens is 1. The van der Waals surface area contributed by atoms with Crippen LogP contribution in [0.15, 0.2) is 12.3 Å². The van der Waals surface area contributed by atoms with Crippen LogP contribution in [-0.2, 0) is 4.74 Å². The SMILES string of the molecule is CC[C@@H](O)c1cnc(N2CCOCC2)c(C)c1. The summed E-state index contributed by atoms with van der Waals surface area (Å²) in [6, 6.07) is 2.03. The van der Waals surface area contributed by atoms with Gasteiger partial charge in [0.1, 0.15) is 5.82 Å². The van der Waals surface area contributed by atoms with Gasteiger partial charge in [-0.3, -0.25) is 0 Å². The number of hydrogen-bond donors (Lipinski definition) is 1. The average molecular weight is 236 g/mol. The van der Waals surface area contributed by atoms with Gasteiger partial charge in [0.2, 0.25) is 0 Å². The first kappa shape index (κ1) is 12.3. The first-order valence-corrected chi connectivity index (χ1v) is 6.19. The molecule has 1 aromatic rings. The lowest BCUT2D eigenvalue weighted by molar-refractivity contribution is 0.122. The van der Waals surface area contributed by atoms with E-state index in [1.165, 1.54) is 0 Å². The highest BCUT2D eigenvalue weighted by Crippen LogP contribution is 2.23. The van der Waals surface area contributed by atoms with E-state index in [1.807, 2.05) is 19.9 Å². The number of nitrogens with zero attached hydrogens (tertiary/aromatic N) is 2. The Morgan fingerprint density at radius 2 is 2.18 bits per heavy atom. The molecule has 4 heteroatoms. The summed E-state index contributed by atoms with van der Waals surface area (Å²) in [5.74, 6) is 1.01. The van der Waals surface area contributed by atoms with Crippen LogP contribution in [0, 0.1) is 6.92 Å². The van der Waals surface area contributed by atoms with E-state index in [2.05, 4.69) is 9.88 Å². The summed E-state index contributed by atoms with van der Waals surface area (Å²) >= 11 is 0. The fraction of sp³-hybridized carbons (Fsp3) is 0.615. The lowest BCUT2D eigenvalue weighted by atomic mass is 10.1. The van der Waals surface area contributed by atoms with Crippen molar-refractivity contribution in [3.05, 3.63) is 23.4 Å². The van der Waals surface area contributed by atoms with E-state index in [4.69, 9.17) is 4.74 Å². The number of rotatable bonds is 3. The number of aliphatic hydroxyl groups excluding tert-OH is 1. The molecule has 2 rings (SSSR count). The largest absolute Gasteiger partial charge is 0.388 e. The van der Waals surface area contributed by atoms with Crippen molar-refractivity contribution in [1.82, 2.24) is 4.98 Å². The third kappa shape index (κ3) is 2.76. The van der Waals surface area contributed by atoms with Gasteiger partial charge in [-0.2, -0.15) is 0 Å². The molecule has 0 saturated carbocycles. The van der Waals surface area contributed by atoms with Gasteiger partial charge in [-0.25, -0.2) is 4.98 Å². The van der Waals surface area contributed by atoms with Crippen molar-refractivity contribution >= 4 is 5.82 Å². The minimum absolute atomic E-state index is 0.403. The molecule has 4 nitrogen and oxygen atoms in total. The molecule has 0 bridgehead atoms. The topological polar surface area (TPSA) is 45.6 Å². The maximum absolute atomic E-state index is 9.78. The Balaban J connectivity index is 2.18. The number of pyridine rings is 1. The fourth-order valence-corrected chi connectivity index (χ4v) is 2.11. The van der Waals surface area contributed by atoms with Crippen LogP contribution in [0.3, 0.4) is 0 Å². The smallest absolute Gasteiger partial charge is 0.131 e. The molecule has 0 aromatic carbocycles. The average Bonchev–Trinajstić information content (AvgIpc) is 2.38. The van der Waals surface area contributed by atoms with Crippen molar-refractivity contribution in [3.8, 4) is 0 Å². The molecule has 1 atom stereocenters. The third-order valence-electron chi connectivity index (χ3n) is 3.15. The standard InChI is InChI=1S/C13H20N2O2/c1-3-12(16)11-8-10(2)13(14-9-11)15-4-6-17-7-5-15/h8-9,12,16H,3-7H2,1-2H3/t12-/m1/s1. The van der Waals surface area contributed by atoms with Gasteiger partial charge in [-0.05, 0) is 30.5 Å². The van der Waals surface area contributed by atoms with Crippen LogP contribution < -0.4 is 4.90 Å². The molecular weight excluding hydrogens is 216 g/mol. The van der Waals surface area contributed by atoms with Crippen LogP contribution in [0.4, 0.5) is 5.82 Å². The number of ether oxygens (including phenoxy) is 1. The summed E-state index contributed by atoms with van der Waals surface area (Å²) in [7, 11) is 0. The highest BCUT2D eigenvalue weighted by Gasteiger charge is 2.15. The van der Waals surface area contributed by atoms with Gasteiger partial charge < -0.3 is 14.7 Å². The number of anilines is 1. The summed E-state index contributed by atoms with van der Waals surface area (Å²) in [4.78, 5) is 6.72. The predicted molar refractivity (Wildman–Crippen MR) is 67.3 cm³/mol. The van der Waals surface area contributed by atoms with E-state index < -0.39 is 6.10 Å². The molecule has 94 valence electrons. The fourth-order valence-electron chi connectivity index (χ4n) is 2.11. The second-order valence-electron chi connectivity index (χ2n) is 4.43. The molecule has 1 saturated heterocycles. The number of aliphatic hydroxyl groups is 1. The zero-order valence-electron chi connectivity index (χ0n) is 10.5. The van der Waals surface area contributed by atoms with E-state index in [9.17, 15) is 5.11 Å². The minimum atomic E-state index is -0.403. The Bertz CT molecular complexity index is 376. The van der Waals surface area contributed by atoms with Gasteiger partial charge in [0.05, 0.1) is 19.3 Å². The molecule has 17 heavy (non-hydrogen) atoms. The van der Waals surface area contributed by atoms with E-state index >= 15 is 0 Å². The van der Waals surface area contributed by atoms with Crippen LogP contribution in [0.1, 0.15) is 30.6 Å². The first-order chi connectivity index (χ1) is 8.22. The predicted octanol–water partition coefficient (Wildman–Crippen LogP) is 1.67. The highest BCUT2D eigenvalue weighted by atomic mass is 16.5. The van der Waals surface area contributed by atoms with Crippen LogP contribution in [0.2, 0.25) is 0 Å². The van der Waals surface area contributed by atoms with E-state index in [-0.39, 0.29) is 0 Å². The lowest BCUT2D eigenvalue weighted by Gasteiger charge is -2.29. The van der Waals surface area contributed by atoms with Crippen molar-refractivity contribution < 1.29 is 9.84 Å². The van der Waals surface area contributed by atoms with Crippen molar-refractivity contribution in [3.63, 3.8) is 0 Å². The van der Waals surface area contributed by atoms with Gasteiger partial charge in [0.25, 0.3) is 0 Å². The first-order valence-electron chi connectivity index (χ1n) is 6.19. The molecule has 0 spiro atoms. The monoisotopic (exact) mass is 236 g/mol. The number of morpholine rings is 1. The van der Waals surface area contributed by atoms with Gasteiger partial charge in [0.15, 0.2) is 0 Å². The van der Waals surface area contributed by atoms with Crippen LogP contribution >= 0.6 is 0 Å². The lowest BCUT2D eigenvalue weighted by Crippen LogP contribution is -2.37. The summed E-state index contributed by atoms with van der Waals surface area (Å²) in [6.45, 7) is 7.33. The zero-order chi connectivity index (χ0) is 12.3. The molecule has 2 heterocycles. The summed E-state index contributed by atoms with van der Waals surface area (Å²) in [6.07, 6.45) is 2.10. The quantitative estimate of drug-likeness (QED) is 0.867. The highest BCUT2D eigenvalue weighted by molar-refractivity contribution is 5.47. The second-order valence-corrected chi connectivity index (χ2v) is 4.43. The number of aryl methyl sites for hydroxylation is 1. The Hall–Kier alpha value is -1.13. The van der Waals surface area contributed by atoms with Crippen molar-refractivity contribution in [2.45, 2.75) is 26.4 Å². The molecule has 1 aromatic heterocycles. The zero-order valence-corrected chi connectivity index (χ0v) is 10.5. The summed E-state index contributed by atoms with van der Waals surface area (Å²) < 4.78 is 5.33. The van der Waals surface area contributed by atoms with Crippen molar-refractivity contribution in [2.75, 3.05) is 31.2 Å². The Kier molecular flexibility index (Phi) is 3.97. The molecule has 0 radical (unpaired) electrons. The molecule has 1 fully saturated rings. The molecular formula is C13H20N2O2. The van der Waals surface area contributed by atoms with Gasteiger partial charge >= 0.3 is 0 Å². The molecule has 0 amide bonds. The maximum atomic E-state index is 9.78. The van der Waals surface area contributed by atoms with Crippen molar-refractivity contribution in [1.29, 1.82) is 0 Å². The van der Waals surface area contributed by atoms with E-state index in [1.54, 1.807) is 6.20 Å². The van der Waals surface area contributed by atoms with E-state index in [0.717, 1.165) is 49.7 Å². The number of hydrogen-bond acceptors (Lipinski definition) is 4. The van der Waals surface area contributed by atoms with Crippen LogP contribution in [0.5, 0.6) is 0 Å². The second kappa shape index (κ2) is 5.47. The van der Waals surface area contributed by atoms with E-state index in [0.29, 0.717) is 0 Å². The van der Waals surface area contributed by atoms with Gasteiger partial charge in [-0.15, -0.1) is 0 Å². The molecule has 0 aliphatic carbocycles. The van der Waals surface area contributed by atoms with Crippen LogP contribution in [0.25, 0.3) is 0 Å². The molecule has 1 aliphatic rings. The maximum Gasteiger partial charge on any atom is 0.131 e. The normalized spacial score (nSPS) is 18.2. The Labute approximate surface area is 102 Å². The molecule has 0 unspecified atom stereocenters. The summed E-state index contributed by atoms with van der Waals surface area (Å²) in [5.41, 5.74) is 2.03. The van der Waals surface area contributed by atoms with Gasteiger partial charge in [0, 0.05) is 19.3 Å². The Morgan fingerprint density at radius 3 is 2.76 bits per heavy atom. The Morgan fingerprint density at radius 1 is 1.47 bits per heavy atom. The molecule has 1 N–H and O–H groups in total.